The molecule has 0 N–H and O–H groups in total. The summed E-state index contributed by atoms with van der Waals surface area (Å²) in [5.74, 6) is 0.375. The van der Waals surface area contributed by atoms with Gasteiger partial charge in [-0.2, -0.15) is 0 Å². The summed E-state index contributed by atoms with van der Waals surface area (Å²) in [4.78, 5) is 36.4. The fourth-order valence-corrected chi connectivity index (χ4v) is 1.89. The van der Waals surface area contributed by atoms with Crippen LogP contribution in [-0.4, -0.2) is 48.1 Å². The summed E-state index contributed by atoms with van der Waals surface area (Å²) in [6.45, 7) is 5.02. The summed E-state index contributed by atoms with van der Waals surface area (Å²) < 4.78 is 0. The number of ketones is 3. The molecule has 0 unspecified atom stereocenters. The molecule has 114 valence electrons. The lowest BCUT2D eigenvalue weighted by atomic mass is 10.2. The van der Waals surface area contributed by atoms with E-state index in [1.165, 1.54) is 11.8 Å². The van der Waals surface area contributed by atoms with E-state index in [1.807, 2.05) is 25.0 Å². The second-order valence-corrected chi connectivity index (χ2v) is 5.31. The molecule has 0 aliphatic heterocycles. The van der Waals surface area contributed by atoms with Crippen LogP contribution >= 0.6 is 11.8 Å². The summed E-state index contributed by atoms with van der Waals surface area (Å²) >= 11 is 1.47. The van der Waals surface area contributed by atoms with Crippen molar-refractivity contribution in [2.45, 2.75) is 39.5 Å². The van der Waals surface area contributed by atoms with Crippen LogP contribution in [0.1, 0.15) is 39.5 Å². The van der Waals surface area contributed by atoms with Gasteiger partial charge in [0.25, 0.3) is 0 Å². The third-order valence-corrected chi connectivity index (χ3v) is 3.38. The third-order valence-electron chi connectivity index (χ3n) is 2.97. The van der Waals surface area contributed by atoms with Gasteiger partial charge in [-0.05, 0) is 17.7 Å². The Labute approximate surface area is 126 Å². The Kier molecular flexibility index (Phi) is 11.3. The van der Waals surface area contributed by atoms with E-state index < -0.39 is 0 Å². The van der Waals surface area contributed by atoms with Gasteiger partial charge in [-0.3, -0.25) is 19.3 Å². The second-order valence-electron chi connectivity index (χ2n) is 4.57. The summed E-state index contributed by atoms with van der Waals surface area (Å²) in [6.07, 6.45) is 5.35. The first kappa shape index (κ1) is 19.1. The number of rotatable bonds is 12. The van der Waals surface area contributed by atoms with Crippen molar-refractivity contribution in [2.24, 2.45) is 0 Å². The summed E-state index contributed by atoms with van der Waals surface area (Å²) in [7, 11) is 0. The first-order valence-electron chi connectivity index (χ1n) is 7.01. The third kappa shape index (κ3) is 9.92. The molecule has 0 amide bonds. The molecule has 0 saturated carbocycles. The van der Waals surface area contributed by atoms with Crippen molar-refractivity contribution in [1.29, 1.82) is 0 Å². The van der Waals surface area contributed by atoms with Crippen LogP contribution < -0.4 is 0 Å². The van der Waals surface area contributed by atoms with E-state index >= 15 is 0 Å². The van der Waals surface area contributed by atoms with Gasteiger partial charge in [0.05, 0.1) is 6.54 Å². The number of hydrogen-bond acceptors (Lipinski definition) is 5. The first-order valence-corrected chi connectivity index (χ1v) is 8.30. The van der Waals surface area contributed by atoms with E-state index in [2.05, 4.69) is 0 Å². The summed E-state index contributed by atoms with van der Waals surface area (Å²) in [5, 5.41) is 1.74. The van der Waals surface area contributed by atoms with Gasteiger partial charge in [-0.25, -0.2) is 0 Å². The molecule has 5 heteroatoms. The van der Waals surface area contributed by atoms with Crippen molar-refractivity contribution in [3.63, 3.8) is 0 Å². The minimum absolute atomic E-state index is 0.00671. The minimum atomic E-state index is 0.00671. The molecular weight excluding hydrogens is 274 g/mol. The number of carbonyl (C=O) groups excluding carboxylic acids is 3. The van der Waals surface area contributed by atoms with Crippen LogP contribution in [0.2, 0.25) is 0 Å². The maximum Gasteiger partial charge on any atom is 0.170 e. The molecular formula is C15H25NO3S. The number of Topliss-reactive ketones (excluding diaryl/α,β-unsaturated/α-hetero) is 2. The van der Waals surface area contributed by atoms with Crippen molar-refractivity contribution < 1.29 is 14.4 Å². The van der Waals surface area contributed by atoms with E-state index in [4.69, 9.17) is 0 Å². The highest BCUT2D eigenvalue weighted by atomic mass is 32.2. The van der Waals surface area contributed by atoms with E-state index in [1.54, 1.807) is 11.5 Å². The zero-order chi connectivity index (χ0) is 15.4. The highest BCUT2D eigenvalue weighted by Gasteiger charge is 2.12. The zero-order valence-corrected chi connectivity index (χ0v) is 13.5. The molecule has 0 rings (SSSR count). The standard InChI is InChI=1S/C15H25NO3S/c1-4-13(17)6-9-16(10-7-14(18)5-2)12-15(19)8-11-20-3/h8,11H,4-7,9-10,12H2,1-3H3. The molecule has 0 aliphatic rings. The molecule has 0 aromatic heterocycles. The number of nitrogens with zero attached hydrogens (tertiary/aromatic N) is 1. The highest BCUT2D eigenvalue weighted by molar-refractivity contribution is 8.01. The lowest BCUT2D eigenvalue weighted by molar-refractivity contribution is -0.121. The van der Waals surface area contributed by atoms with Crippen molar-refractivity contribution >= 4 is 29.1 Å². The van der Waals surface area contributed by atoms with Gasteiger partial charge in [0.1, 0.15) is 11.6 Å². The van der Waals surface area contributed by atoms with Crippen molar-refractivity contribution in [3.05, 3.63) is 11.5 Å². The predicted molar refractivity (Wildman–Crippen MR) is 83.9 cm³/mol. The first-order chi connectivity index (χ1) is 9.53. The van der Waals surface area contributed by atoms with Crippen molar-refractivity contribution in [3.8, 4) is 0 Å². The fourth-order valence-electron chi connectivity index (χ4n) is 1.61. The SMILES string of the molecule is CCC(=O)CCN(CCC(=O)CC)CC(=O)C=CSC. The molecule has 20 heavy (non-hydrogen) atoms. The Morgan fingerprint density at radius 3 is 1.90 bits per heavy atom. The maximum atomic E-state index is 11.7. The van der Waals surface area contributed by atoms with Gasteiger partial charge in [0, 0.05) is 38.8 Å². The predicted octanol–water partition coefficient (Wildman–Crippen LogP) is 2.47. The molecule has 0 aliphatic carbocycles. The largest absolute Gasteiger partial charge is 0.300 e. The van der Waals surface area contributed by atoms with Crippen molar-refractivity contribution in [2.75, 3.05) is 25.9 Å². The van der Waals surface area contributed by atoms with E-state index in [0.717, 1.165) is 0 Å². The smallest absolute Gasteiger partial charge is 0.170 e. The van der Waals surface area contributed by atoms with Crippen LogP contribution in [0, 0.1) is 0 Å². The van der Waals surface area contributed by atoms with Crippen LogP contribution in [0.15, 0.2) is 11.5 Å². The van der Waals surface area contributed by atoms with Gasteiger partial charge in [-0.1, -0.05) is 13.8 Å². The maximum absolute atomic E-state index is 11.7. The van der Waals surface area contributed by atoms with E-state index in [9.17, 15) is 14.4 Å². The Balaban J connectivity index is 4.36. The average molecular weight is 299 g/mol. The topological polar surface area (TPSA) is 54.5 Å². The van der Waals surface area contributed by atoms with Crippen LogP contribution in [0.5, 0.6) is 0 Å². The lowest BCUT2D eigenvalue weighted by Gasteiger charge is -2.20. The zero-order valence-electron chi connectivity index (χ0n) is 12.7. The van der Waals surface area contributed by atoms with Crippen LogP contribution in [-0.2, 0) is 14.4 Å². The Morgan fingerprint density at radius 1 is 1.00 bits per heavy atom. The molecule has 0 heterocycles. The minimum Gasteiger partial charge on any atom is -0.300 e. The lowest BCUT2D eigenvalue weighted by Crippen LogP contribution is -2.33. The molecule has 0 aromatic carbocycles. The van der Waals surface area contributed by atoms with Gasteiger partial charge in [0.2, 0.25) is 0 Å². The van der Waals surface area contributed by atoms with Crippen LogP contribution in [0.25, 0.3) is 0 Å². The van der Waals surface area contributed by atoms with E-state index in [-0.39, 0.29) is 23.9 Å². The Hall–Kier alpha value is -0.940. The summed E-state index contributed by atoms with van der Waals surface area (Å²) in [6, 6.07) is 0. The van der Waals surface area contributed by atoms with Gasteiger partial charge < -0.3 is 0 Å². The molecule has 0 aromatic rings. The Morgan fingerprint density at radius 2 is 1.50 bits per heavy atom. The number of carbonyl (C=O) groups is 3. The van der Waals surface area contributed by atoms with Gasteiger partial charge in [-0.15, -0.1) is 11.8 Å². The average Bonchev–Trinajstić information content (AvgIpc) is 2.46. The highest BCUT2D eigenvalue weighted by Crippen LogP contribution is 2.01. The van der Waals surface area contributed by atoms with Crippen LogP contribution in [0.4, 0.5) is 0 Å². The molecule has 0 radical (unpaired) electrons. The fraction of sp³-hybridized carbons (Fsp3) is 0.667. The quantitative estimate of drug-likeness (QED) is 0.518. The van der Waals surface area contributed by atoms with Gasteiger partial charge in [0.15, 0.2) is 5.78 Å². The monoisotopic (exact) mass is 299 g/mol. The normalized spacial score (nSPS) is 11.2. The molecule has 0 saturated heterocycles. The molecule has 0 atom stereocenters. The Bertz CT molecular complexity index is 333. The summed E-state index contributed by atoms with van der Waals surface area (Å²) in [5.41, 5.74) is 0. The second kappa shape index (κ2) is 11.9. The van der Waals surface area contributed by atoms with E-state index in [0.29, 0.717) is 38.8 Å². The number of thioether (sulfide) groups is 1. The molecule has 0 bridgehead atoms. The van der Waals surface area contributed by atoms with Gasteiger partial charge >= 0.3 is 0 Å². The molecule has 0 spiro atoms. The molecule has 4 nitrogen and oxygen atoms in total. The van der Waals surface area contributed by atoms with Crippen molar-refractivity contribution in [1.82, 2.24) is 4.90 Å². The van der Waals surface area contributed by atoms with Crippen LogP contribution in [0.3, 0.4) is 0 Å². The number of hydrogen-bond donors (Lipinski definition) is 0. The molecule has 0 fully saturated rings.